The van der Waals surface area contributed by atoms with Gasteiger partial charge in [-0.2, -0.15) is 0 Å². The Balaban J connectivity index is 1.94. The van der Waals surface area contributed by atoms with Crippen LogP contribution < -0.4 is 0 Å². The first-order valence-corrected chi connectivity index (χ1v) is 8.25. The van der Waals surface area contributed by atoms with Gasteiger partial charge in [-0.15, -0.1) is 0 Å². The van der Waals surface area contributed by atoms with E-state index in [2.05, 4.69) is 24.8 Å². The van der Waals surface area contributed by atoms with E-state index < -0.39 is 0 Å². The van der Waals surface area contributed by atoms with Crippen LogP contribution in [-0.4, -0.2) is 29.6 Å². The minimum Gasteiger partial charge on any atom is -0.508 e. The van der Waals surface area contributed by atoms with Crippen molar-refractivity contribution in [2.45, 2.75) is 58.3 Å². The van der Waals surface area contributed by atoms with Gasteiger partial charge in [0.1, 0.15) is 5.75 Å². The average Bonchev–Trinajstić information content (AvgIpc) is 2.44. The predicted octanol–water partition coefficient (Wildman–Crippen LogP) is 4.32. The molecule has 0 bridgehead atoms. The Hall–Kier alpha value is -1.02. The highest BCUT2D eigenvalue weighted by Gasteiger charge is 2.17. The number of nitrogens with zero attached hydrogens (tertiary/aromatic N) is 1. The zero-order chi connectivity index (χ0) is 14.4. The quantitative estimate of drug-likeness (QED) is 0.809. The van der Waals surface area contributed by atoms with Crippen molar-refractivity contribution in [2.75, 3.05) is 19.6 Å². The molecule has 1 aliphatic heterocycles. The van der Waals surface area contributed by atoms with E-state index in [0.717, 1.165) is 13.0 Å². The minimum atomic E-state index is 0.410. The summed E-state index contributed by atoms with van der Waals surface area (Å²) in [6.45, 7) is 8.17. The van der Waals surface area contributed by atoms with Crippen LogP contribution in [0.5, 0.6) is 5.75 Å². The molecule has 1 aliphatic rings. The molecule has 1 aromatic rings. The molecular weight excluding hydrogens is 246 g/mol. The van der Waals surface area contributed by atoms with Crippen molar-refractivity contribution in [3.63, 3.8) is 0 Å². The van der Waals surface area contributed by atoms with Crippen molar-refractivity contribution >= 4 is 0 Å². The SMILES string of the molecule is CCCCCCN1CCc2ccc(O)cc2[C@H](C)CC1. The van der Waals surface area contributed by atoms with Gasteiger partial charge in [-0.1, -0.05) is 39.2 Å². The van der Waals surface area contributed by atoms with Gasteiger partial charge in [0.05, 0.1) is 0 Å². The summed E-state index contributed by atoms with van der Waals surface area (Å²) in [5.74, 6) is 0.961. The molecule has 0 unspecified atom stereocenters. The molecule has 2 nitrogen and oxygen atoms in total. The van der Waals surface area contributed by atoms with Gasteiger partial charge in [0.15, 0.2) is 0 Å². The molecule has 0 spiro atoms. The fraction of sp³-hybridized carbons (Fsp3) is 0.667. The van der Waals surface area contributed by atoms with E-state index >= 15 is 0 Å². The normalized spacial score (nSPS) is 20.2. The molecule has 0 aromatic heterocycles. The van der Waals surface area contributed by atoms with Gasteiger partial charge in [-0.25, -0.2) is 0 Å². The van der Waals surface area contributed by atoms with Crippen molar-refractivity contribution in [3.05, 3.63) is 29.3 Å². The van der Waals surface area contributed by atoms with Crippen LogP contribution in [0.4, 0.5) is 0 Å². The highest BCUT2D eigenvalue weighted by atomic mass is 16.3. The van der Waals surface area contributed by atoms with Gasteiger partial charge >= 0.3 is 0 Å². The molecule has 0 saturated heterocycles. The van der Waals surface area contributed by atoms with Crippen molar-refractivity contribution in [2.24, 2.45) is 0 Å². The van der Waals surface area contributed by atoms with Crippen molar-refractivity contribution in [1.29, 1.82) is 0 Å². The van der Waals surface area contributed by atoms with E-state index in [1.807, 2.05) is 12.1 Å². The Morgan fingerprint density at radius 2 is 2.05 bits per heavy atom. The highest BCUT2D eigenvalue weighted by Crippen LogP contribution is 2.29. The maximum Gasteiger partial charge on any atom is 0.115 e. The minimum absolute atomic E-state index is 0.410. The average molecular weight is 275 g/mol. The Morgan fingerprint density at radius 1 is 1.20 bits per heavy atom. The zero-order valence-electron chi connectivity index (χ0n) is 13.1. The molecule has 112 valence electrons. The highest BCUT2D eigenvalue weighted by molar-refractivity contribution is 5.37. The van der Waals surface area contributed by atoms with Crippen LogP contribution in [0.1, 0.15) is 63.0 Å². The van der Waals surface area contributed by atoms with Gasteiger partial charge in [0.25, 0.3) is 0 Å². The topological polar surface area (TPSA) is 23.5 Å². The summed E-state index contributed by atoms with van der Waals surface area (Å²) in [4.78, 5) is 2.63. The molecule has 1 atom stereocenters. The number of rotatable bonds is 5. The maximum absolute atomic E-state index is 9.68. The van der Waals surface area contributed by atoms with Gasteiger partial charge < -0.3 is 10.0 Å². The molecule has 20 heavy (non-hydrogen) atoms. The molecular formula is C18H29NO. The van der Waals surface area contributed by atoms with Crippen LogP contribution in [0.15, 0.2) is 18.2 Å². The first-order chi connectivity index (χ1) is 9.70. The van der Waals surface area contributed by atoms with E-state index in [0.29, 0.717) is 11.7 Å². The lowest BCUT2D eigenvalue weighted by Crippen LogP contribution is -2.31. The zero-order valence-corrected chi connectivity index (χ0v) is 13.1. The summed E-state index contributed by atoms with van der Waals surface area (Å²) in [5, 5.41) is 9.68. The first-order valence-electron chi connectivity index (χ1n) is 8.25. The Morgan fingerprint density at radius 3 is 2.85 bits per heavy atom. The molecule has 0 radical (unpaired) electrons. The molecule has 0 saturated carbocycles. The van der Waals surface area contributed by atoms with E-state index in [1.165, 1.54) is 56.3 Å². The lowest BCUT2D eigenvalue weighted by atomic mass is 9.89. The van der Waals surface area contributed by atoms with Gasteiger partial charge in [0, 0.05) is 6.54 Å². The number of unbranched alkanes of at least 4 members (excludes halogenated alkanes) is 3. The number of phenols is 1. The number of hydrogen-bond donors (Lipinski definition) is 1. The fourth-order valence-corrected chi connectivity index (χ4v) is 3.18. The van der Waals surface area contributed by atoms with Crippen LogP contribution in [0.2, 0.25) is 0 Å². The second kappa shape index (κ2) is 7.68. The van der Waals surface area contributed by atoms with E-state index in [9.17, 15) is 5.11 Å². The second-order valence-electron chi connectivity index (χ2n) is 6.23. The van der Waals surface area contributed by atoms with E-state index in [-0.39, 0.29) is 0 Å². The Labute approximate surface area is 123 Å². The van der Waals surface area contributed by atoms with Crippen LogP contribution in [0, 0.1) is 0 Å². The van der Waals surface area contributed by atoms with Crippen LogP contribution in [-0.2, 0) is 6.42 Å². The Bertz CT molecular complexity index is 416. The lowest BCUT2D eigenvalue weighted by molar-refractivity contribution is 0.255. The summed E-state index contributed by atoms with van der Waals surface area (Å²) in [6.07, 6.45) is 7.70. The Kier molecular flexibility index (Phi) is 5.90. The first kappa shape index (κ1) is 15.4. The van der Waals surface area contributed by atoms with Crippen molar-refractivity contribution in [1.82, 2.24) is 4.90 Å². The largest absolute Gasteiger partial charge is 0.508 e. The van der Waals surface area contributed by atoms with Crippen LogP contribution >= 0.6 is 0 Å². The fourth-order valence-electron chi connectivity index (χ4n) is 3.18. The number of hydrogen-bond acceptors (Lipinski definition) is 2. The monoisotopic (exact) mass is 275 g/mol. The van der Waals surface area contributed by atoms with E-state index in [1.54, 1.807) is 0 Å². The molecule has 1 aromatic carbocycles. The standard InChI is InChI=1S/C18H29NO/c1-3-4-5-6-11-19-12-9-15(2)18-14-17(20)8-7-16(18)10-13-19/h7-8,14-15,20H,3-6,9-13H2,1-2H3/t15-/m1/s1. The molecule has 1 heterocycles. The summed E-state index contributed by atoms with van der Waals surface area (Å²) >= 11 is 0. The predicted molar refractivity (Wildman–Crippen MR) is 85.4 cm³/mol. The molecule has 2 rings (SSSR count). The molecule has 2 heteroatoms. The third kappa shape index (κ3) is 4.24. The molecule has 1 N–H and O–H groups in total. The smallest absolute Gasteiger partial charge is 0.115 e. The van der Waals surface area contributed by atoms with Gasteiger partial charge in [-0.05, 0) is 61.5 Å². The second-order valence-corrected chi connectivity index (χ2v) is 6.23. The number of fused-ring (bicyclic) bond motifs is 1. The maximum atomic E-state index is 9.68. The number of benzene rings is 1. The van der Waals surface area contributed by atoms with Crippen LogP contribution in [0.25, 0.3) is 0 Å². The molecule has 0 aliphatic carbocycles. The van der Waals surface area contributed by atoms with Crippen molar-refractivity contribution in [3.8, 4) is 5.75 Å². The molecule has 0 fully saturated rings. The van der Waals surface area contributed by atoms with E-state index in [4.69, 9.17) is 0 Å². The summed E-state index contributed by atoms with van der Waals surface area (Å²) in [7, 11) is 0. The van der Waals surface area contributed by atoms with Crippen molar-refractivity contribution < 1.29 is 5.11 Å². The summed E-state index contributed by atoms with van der Waals surface area (Å²) in [5.41, 5.74) is 2.78. The van der Waals surface area contributed by atoms with Gasteiger partial charge in [-0.3, -0.25) is 0 Å². The number of phenolic OH excluding ortho intramolecular Hbond substituents is 1. The van der Waals surface area contributed by atoms with Gasteiger partial charge in [0.2, 0.25) is 0 Å². The number of aromatic hydroxyl groups is 1. The summed E-state index contributed by atoms with van der Waals surface area (Å²) in [6, 6.07) is 5.91. The van der Waals surface area contributed by atoms with Crippen LogP contribution in [0.3, 0.4) is 0 Å². The summed E-state index contributed by atoms with van der Waals surface area (Å²) < 4.78 is 0. The third-order valence-corrected chi connectivity index (χ3v) is 4.56. The third-order valence-electron chi connectivity index (χ3n) is 4.56. The molecule has 0 amide bonds. The lowest BCUT2D eigenvalue weighted by Gasteiger charge is -2.28.